The molecule has 4 heteroatoms. The molecule has 0 spiro atoms. The molecule has 0 aromatic heterocycles. The van der Waals surface area contributed by atoms with E-state index in [9.17, 15) is 0 Å². The third-order valence-electron chi connectivity index (χ3n) is 3.74. The van der Waals surface area contributed by atoms with Crippen LogP contribution in [0.4, 0.5) is 0 Å². The molecule has 0 atom stereocenters. The van der Waals surface area contributed by atoms with Gasteiger partial charge in [-0.25, -0.2) is 0 Å². The normalized spacial score (nSPS) is 28.2. The Balaban J connectivity index is 2.10. The second kappa shape index (κ2) is 5.10. The van der Waals surface area contributed by atoms with Gasteiger partial charge in [-0.15, -0.1) is 0 Å². The van der Waals surface area contributed by atoms with Gasteiger partial charge in [-0.1, -0.05) is 0 Å². The van der Waals surface area contributed by atoms with Crippen LogP contribution in [0.5, 0.6) is 0 Å². The molecule has 1 aliphatic heterocycles. The van der Waals surface area contributed by atoms with Crippen molar-refractivity contribution in [3.8, 4) is 0 Å². The fourth-order valence-corrected chi connectivity index (χ4v) is 6.57. The first-order chi connectivity index (χ1) is 7.87. The van der Waals surface area contributed by atoms with Crippen LogP contribution in [0.3, 0.4) is 0 Å². The van der Waals surface area contributed by atoms with Gasteiger partial charge in [0, 0.05) is 0 Å². The Morgan fingerprint density at radius 2 is 1.53 bits per heavy atom. The van der Waals surface area contributed by atoms with Crippen LogP contribution < -0.4 is 0 Å². The standard InChI is InChI=1S/C10H16BN2.3CH3.Sn/c1-9-4-5-10(9)8-11-12(2)6-7-13(11)3;;;;/h1,8H,4-7H2,2-3H3;3*1H3;/b9-1?,10-8-;;;;. The summed E-state index contributed by atoms with van der Waals surface area (Å²) in [5.41, 5.74) is 3.30. The molecule has 17 heavy (non-hydrogen) atoms. The van der Waals surface area contributed by atoms with Crippen molar-refractivity contribution in [1.82, 2.24) is 9.62 Å². The maximum absolute atomic E-state index is 2.65. The van der Waals surface area contributed by atoms with Crippen LogP contribution in [0.2, 0.25) is 14.8 Å². The monoisotopic (exact) mass is 340 g/mol. The predicted octanol–water partition coefficient (Wildman–Crippen LogP) is 2.42. The number of nitrogens with zero attached hydrogens (tertiary/aromatic N) is 2. The Morgan fingerprint density at radius 1 is 1.00 bits per heavy atom. The molecular weight excluding hydrogens is 314 g/mol. The molecule has 0 unspecified atom stereocenters. The minimum atomic E-state index is -1.75. The zero-order valence-electron chi connectivity index (χ0n) is 12.0. The number of hydrogen-bond donors (Lipinski definition) is 0. The summed E-state index contributed by atoms with van der Waals surface area (Å²) in [6.07, 6.45) is 2.62. The summed E-state index contributed by atoms with van der Waals surface area (Å²) >= 11 is -1.75. The zero-order chi connectivity index (χ0) is 12.6. The molecule has 0 radical (unpaired) electrons. The summed E-state index contributed by atoms with van der Waals surface area (Å²) in [4.78, 5) is 12.4. The van der Waals surface area contributed by atoms with Crippen molar-refractivity contribution in [2.24, 2.45) is 0 Å². The van der Waals surface area contributed by atoms with E-state index in [0.717, 1.165) is 0 Å². The first-order valence-electron chi connectivity index (χ1n) is 6.70. The van der Waals surface area contributed by atoms with E-state index in [1.165, 1.54) is 25.9 Å². The van der Waals surface area contributed by atoms with E-state index in [1.54, 1.807) is 11.1 Å². The molecule has 1 saturated carbocycles. The van der Waals surface area contributed by atoms with E-state index < -0.39 is 18.4 Å². The summed E-state index contributed by atoms with van der Waals surface area (Å²) in [5.74, 6) is 2.50. The Hall–Kier alpha value is 0.264. The van der Waals surface area contributed by atoms with Crippen molar-refractivity contribution in [2.75, 3.05) is 27.2 Å². The summed E-state index contributed by atoms with van der Waals surface area (Å²) in [6.45, 7) is 2.93. The first kappa shape index (κ1) is 13.7. The molecule has 0 aromatic carbocycles. The predicted molar refractivity (Wildman–Crippen MR) is 79.8 cm³/mol. The second-order valence-corrected chi connectivity index (χ2v) is 20.9. The molecule has 1 heterocycles. The summed E-state index contributed by atoms with van der Waals surface area (Å²) in [6, 6.07) is 0. The van der Waals surface area contributed by atoms with Gasteiger partial charge in [-0.05, 0) is 0 Å². The third kappa shape index (κ3) is 3.39. The SMILES string of the molecule is CN1CCN(C)B1/C=C1/CC/C1=[CH]/[Sn]([CH3])([CH3])[CH3]. The molecule has 1 aliphatic carbocycles. The molecule has 2 rings (SSSR count). The molecular formula is C13H25BN2Sn. The first-order valence-corrected chi connectivity index (χ1v) is 16.9. The van der Waals surface area contributed by atoms with Crippen LogP contribution in [0.25, 0.3) is 0 Å². The van der Waals surface area contributed by atoms with Crippen molar-refractivity contribution < 1.29 is 0 Å². The number of hydrogen-bond acceptors (Lipinski definition) is 2. The average Bonchev–Trinajstić information content (AvgIpc) is 2.50. The molecule has 2 nitrogen and oxygen atoms in total. The van der Waals surface area contributed by atoms with Gasteiger partial charge >= 0.3 is 111 Å². The third-order valence-corrected chi connectivity index (χ3v) is 7.21. The topological polar surface area (TPSA) is 6.48 Å². The molecule has 2 aliphatic rings. The van der Waals surface area contributed by atoms with Gasteiger partial charge in [0.15, 0.2) is 0 Å². The molecule has 0 amide bonds. The van der Waals surface area contributed by atoms with Gasteiger partial charge < -0.3 is 0 Å². The van der Waals surface area contributed by atoms with Crippen molar-refractivity contribution in [3.05, 3.63) is 21.2 Å². The Kier molecular flexibility index (Phi) is 4.10. The fraction of sp³-hybridized carbons (Fsp3) is 0.692. The van der Waals surface area contributed by atoms with Crippen LogP contribution in [0, 0.1) is 0 Å². The van der Waals surface area contributed by atoms with Crippen molar-refractivity contribution in [1.29, 1.82) is 0 Å². The Morgan fingerprint density at radius 3 is 1.94 bits per heavy atom. The quantitative estimate of drug-likeness (QED) is 0.713. The van der Waals surface area contributed by atoms with E-state index >= 15 is 0 Å². The van der Waals surface area contributed by atoms with Crippen LogP contribution in [-0.4, -0.2) is 62.2 Å². The van der Waals surface area contributed by atoms with Crippen LogP contribution in [0.1, 0.15) is 12.8 Å². The van der Waals surface area contributed by atoms with Crippen molar-refractivity contribution in [2.45, 2.75) is 27.7 Å². The van der Waals surface area contributed by atoms with Crippen LogP contribution >= 0.6 is 0 Å². The van der Waals surface area contributed by atoms with Gasteiger partial charge in [-0.3, -0.25) is 0 Å². The van der Waals surface area contributed by atoms with E-state index in [0.29, 0.717) is 6.98 Å². The molecule has 0 N–H and O–H groups in total. The molecule has 1 saturated heterocycles. The van der Waals surface area contributed by atoms with E-state index in [2.05, 4.69) is 48.6 Å². The van der Waals surface area contributed by atoms with Gasteiger partial charge in [0.25, 0.3) is 0 Å². The summed E-state index contributed by atoms with van der Waals surface area (Å²) < 4.78 is 2.65. The van der Waals surface area contributed by atoms with Crippen LogP contribution in [-0.2, 0) is 0 Å². The van der Waals surface area contributed by atoms with E-state index in [-0.39, 0.29) is 0 Å². The van der Waals surface area contributed by atoms with Gasteiger partial charge in [0.1, 0.15) is 0 Å². The molecule has 0 aromatic rings. The van der Waals surface area contributed by atoms with Gasteiger partial charge in [0.05, 0.1) is 0 Å². The van der Waals surface area contributed by atoms with E-state index in [4.69, 9.17) is 0 Å². The Labute approximate surface area is 111 Å². The molecule has 0 bridgehead atoms. The number of rotatable bonds is 2. The molecule has 2 fully saturated rings. The minimum absolute atomic E-state index is 0.531. The van der Waals surface area contributed by atoms with Crippen molar-refractivity contribution >= 4 is 25.4 Å². The zero-order valence-corrected chi connectivity index (χ0v) is 14.8. The number of allylic oxidation sites excluding steroid dienone is 2. The summed E-state index contributed by atoms with van der Waals surface area (Å²) in [5, 5.41) is 0. The summed E-state index contributed by atoms with van der Waals surface area (Å²) in [7, 11) is 4.46. The van der Waals surface area contributed by atoms with Crippen molar-refractivity contribution in [3.63, 3.8) is 0 Å². The fourth-order valence-electron chi connectivity index (χ4n) is 2.64. The van der Waals surface area contributed by atoms with Crippen LogP contribution in [0.15, 0.2) is 21.2 Å². The van der Waals surface area contributed by atoms with Gasteiger partial charge in [-0.2, -0.15) is 0 Å². The number of likely N-dealkylation sites (N-methyl/N-ethyl adjacent to an activating group) is 2. The van der Waals surface area contributed by atoms with Gasteiger partial charge in [0.2, 0.25) is 0 Å². The second-order valence-electron chi connectivity index (χ2n) is 6.60. The average molecular weight is 339 g/mol. The van der Waals surface area contributed by atoms with E-state index in [1.807, 2.05) is 0 Å². The Bertz CT molecular complexity index is 347. The molecule has 94 valence electrons. The maximum atomic E-state index is 2.65.